The molecule has 0 fully saturated rings. The van der Waals surface area contributed by atoms with E-state index in [1.54, 1.807) is 6.07 Å². The van der Waals surface area contributed by atoms with E-state index in [1.807, 2.05) is 51.1 Å². The van der Waals surface area contributed by atoms with E-state index in [1.165, 1.54) is 12.1 Å². The van der Waals surface area contributed by atoms with Gasteiger partial charge in [0, 0.05) is 6.54 Å². The van der Waals surface area contributed by atoms with Crippen LogP contribution in [0, 0.1) is 11.2 Å². The van der Waals surface area contributed by atoms with E-state index in [9.17, 15) is 9.18 Å². The average Bonchev–Trinajstić information content (AvgIpc) is 2.57. The molecule has 25 heavy (non-hydrogen) atoms. The van der Waals surface area contributed by atoms with Gasteiger partial charge >= 0.3 is 0 Å². The number of ether oxygens (including phenoxy) is 1. The number of nitrogens with two attached hydrogens (primary N) is 1. The lowest BCUT2D eigenvalue weighted by atomic mass is 9.87. The van der Waals surface area contributed by atoms with Gasteiger partial charge in [0.25, 0.3) is 0 Å². The first-order valence-electron chi connectivity index (χ1n) is 8.25. The maximum Gasteiger partial charge on any atom is 0.237 e. The minimum atomic E-state index is -0.554. The number of benzene rings is 2. The Kier molecular flexibility index (Phi) is 6.15. The summed E-state index contributed by atoms with van der Waals surface area (Å²) < 4.78 is 18.8. The number of rotatable bonds is 6. The van der Waals surface area contributed by atoms with Crippen molar-refractivity contribution in [2.75, 3.05) is 0 Å². The Bertz CT molecular complexity index is 708. The normalized spacial score (nSPS) is 12.5. The summed E-state index contributed by atoms with van der Waals surface area (Å²) in [6.45, 7) is 6.51. The largest absolute Gasteiger partial charge is 0.489 e. The third-order valence-corrected chi connectivity index (χ3v) is 3.90. The monoisotopic (exact) mass is 344 g/mol. The summed E-state index contributed by atoms with van der Waals surface area (Å²) in [5.74, 6) is 0.241. The Morgan fingerprint density at radius 2 is 1.84 bits per heavy atom. The van der Waals surface area contributed by atoms with Crippen molar-refractivity contribution < 1.29 is 13.9 Å². The average molecular weight is 344 g/mol. The molecule has 4 nitrogen and oxygen atoms in total. The number of hydrogen-bond donors (Lipinski definition) is 2. The van der Waals surface area contributed by atoms with E-state index in [0.29, 0.717) is 18.9 Å². The Morgan fingerprint density at radius 3 is 2.44 bits per heavy atom. The maximum absolute atomic E-state index is 13.1. The second kappa shape index (κ2) is 8.12. The van der Waals surface area contributed by atoms with Crippen LogP contribution in [0.15, 0.2) is 48.5 Å². The van der Waals surface area contributed by atoms with Crippen molar-refractivity contribution >= 4 is 5.91 Å². The van der Waals surface area contributed by atoms with Gasteiger partial charge in [-0.1, -0.05) is 45.0 Å². The molecule has 5 heteroatoms. The van der Waals surface area contributed by atoms with Gasteiger partial charge in [-0.15, -0.1) is 0 Å². The first kappa shape index (κ1) is 18.9. The summed E-state index contributed by atoms with van der Waals surface area (Å²) in [4.78, 5) is 12.0. The lowest BCUT2D eigenvalue weighted by molar-refractivity contribution is -0.124. The van der Waals surface area contributed by atoms with Gasteiger partial charge in [-0.2, -0.15) is 0 Å². The standard InChI is InChI=1S/C20H25FN2O2/c1-20(2,3)18(22)19(24)23-12-14-7-9-17(10-8-14)25-13-15-5-4-6-16(21)11-15/h4-11,18H,12-13,22H2,1-3H3,(H,23,24)/t18-/m0/s1. The molecule has 3 N–H and O–H groups in total. The lowest BCUT2D eigenvalue weighted by Crippen LogP contribution is -2.48. The Morgan fingerprint density at radius 1 is 1.16 bits per heavy atom. The molecule has 0 saturated heterocycles. The highest BCUT2D eigenvalue weighted by Crippen LogP contribution is 2.18. The van der Waals surface area contributed by atoms with Gasteiger partial charge in [-0.25, -0.2) is 4.39 Å². The molecular weight excluding hydrogens is 319 g/mol. The van der Waals surface area contributed by atoms with Crippen molar-refractivity contribution in [2.24, 2.45) is 11.1 Å². The van der Waals surface area contributed by atoms with Crippen LogP contribution in [0.5, 0.6) is 5.75 Å². The Hall–Kier alpha value is -2.40. The summed E-state index contributed by atoms with van der Waals surface area (Å²) >= 11 is 0. The molecule has 2 rings (SSSR count). The third kappa shape index (κ3) is 5.87. The second-order valence-corrected chi connectivity index (χ2v) is 7.12. The first-order valence-corrected chi connectivity index (χ1v) is 8.25. The van der Waals surface area contributed by atoms with Gasteiger partial charge in [-0.05, 0) is 40.8 Å². The van der Waals surface area contributed by atoms with Crippen LogP contribution in [0.1, 0.15) is 31.9 Å². The SMILES string of the molecule is CC(C)(C)[C@@H](N)C(=O)NCc1ccc(OCc2cccc(F)c2)cc1. The highest BCUT2D eigenvalue weighted by Gasteiger charge is 2.26. The van der Waals surface area contributed by atoms with Gasteiger partial charge in [0.2, 0.25) is 5.91 Å². The van der Waals surface area contributed by atoms with Crippen molar-refractivity contribution in [3.05, 3.63) is 65.5 Å². The highest BCUT2D eigenvalue weighted by molar-refractivity contribution is 5.82. The molecule has 0 unspecified atom stereocenters. The number of hydrogen-bond acceptors (Lipinski definition) is 3. The first-order chi connectivity index (χ1) is 11.8. The molecule has 0 saturated carbocycles. The van der Waals surface area contributed by atoms with Gasteiger partial charge < -0.3 is 15.8 Å². The fraction of sp³-hybridized carbons (Fsp3) is 0.350. The number of carbonyl (C=O) groups excluding carboxylic acids is 1. The van der Waals surface area contributed by atoms with Gasteiger partial charge in [0.05, 0.1) is 6.04 Å². The fourth-order valence-corrected chi connectivity index (χ4v) is 2.19. The maximum atomic E-state index is 13.1. The van der Waals surface area contributed by atoms with Crippen molar-refractivity contribution in [1.82, 2.24) is 5.32 Å². The van der Waals surface area contributed by atoms with Crippen molar-refractivity contribution in [3.8, 4) is 5.75 Å². The molecule has 2 aromatic rings. The van der Waals surface area contributed by atoms with Gasteiger partial charge in [-0.3, -0.25) is 4.79 Å². The van der Waals surface area contributed by atoms with E-state index in [0.717, 1.165) is 11.1 Å². The number of amides is 1. The quantitative estimate of drug-likeness (QED) is 0.844. The lowest BCUT2D eigenvalue weighted by Gasteiger charge is -2.25. The van der Waals surface area contributed by atoms with Crippen molar-refractivity contribution in [2.45, 2.75) is 40.0 Å². The molecule has 0 aromatic heterocycles. The Labute approximate surface area is 148 Å². The van der Waals surface area contributed by atoms with Gasteiger partial charge in [0.1, 0.15) is 18.2 Å². The summed E-state index contributed by atoms with van der Waals surface area (Å²) in [6.07, 6.45) is 0. The molecule has 0 bridgehead atoms. The molecule has 0 aliphatic carbocycles. The number of carbonyl (C=O) groups is 1. The predicted molar refractivity (Wildman–Crippen MR) is 96.5 cm³/mol. The van der Waals surface area contributed by atoms with Crippen molar-refractivity contribution in [1.29, 1.82) is 0 Å². The van der Waals surface area contributed by atoms with Crippen LogP contribution in [0.2, 0.25) is 0 Å². The van der Waals surface area contributed by atoms with Gasteiger partial charge in [0.15, 0.2) is 0 Å². The van der Waals surface area contributed by atoms with E-state index in [2.05, 4.69) is 5.32 Å². The third-order valence-electron chi connectivity index (χ3n) is 3.90. The van der Waals surface area contributed by atoms with Crippen LogP contribution in [0.3, 0.4) is 0 Å². The van der Waals surface area contributed by atoms with E-state index < -0.39 is 6.04 Å². The van der Waals surface area contributed by atoms with E-state index in [4.69, 9.17) is 10.5 Å². The van der Waals surface area contributed by atoms with Crippen LogP contribution in [-0.2, 0) is 17.9 Å². The van der Waals surface area contributed by atoms with Crippen LogP contribution >= 0.6 is 0 Å². The second-order valence-electron chi connectivity index (χ2n) is 7.12. The molecule has 0 aliphatic heterocycles. The minimum Gasteiger partial charge on any atom is -0.489 e. The summed E-state index contributed by atoms with van der Waals surface area (Å²) in [5.41, 5.74) is 7.37. The van der Waals surface area contributed by atoms with Crippen LogP contribution in [0.25, 0.3) is 0 Å². The molecule has 1 amide bonds. The zero-order chi connectivity index (χ0) is 18.4. The topological polar surface area (TPSA) is 64.4 Å². The summed E-state index contributed by atoms with van der Waals surface area (Å²) in [7, 11) is 0. The molecule has 0 aliphatic rings. The van der Waals surface area contributed by atoms with Crippen LogP contribution in [0.4, 0.5) is 4.39 Å². The zero-order valence-electron chi connectivity index (χ0n) is 14.9. The molecule has 0 spiro atoms. The fourth-order valence-electron chi connectivity index (χ4n) is 2.19. The summed E-state index contributed by atoms with van der Waals surface area (Å²) in [6, 6.07) is 13.2. The zero-order valence-corrected chi connectivity index (χ0v) is 14.9. The summed E-state index contributed by atoms with van der Waals surface area (Å²) in [5, 5.41) is 2.84. The highest BCUT2D eigenvalue weighted by atomic mass is 19.1. The smallest absolute Gasteiger partial charge is 0.237 e. The van der Waals surface area contributed by atoms with E-state index in [-0.39, 0.29) is 17.1 Å². The molecular formula is C20H25FN2O2. The van der Waals surface area contributed by atoms with Crippen LogP contribution < -0.4 is 15.8 Å². The number of halogens is 1. The van der Waals surface area contributed by atoms with E-state index >= 15 is 0 Å². The molecule has 134 valence electrons. The number of nitrogens with one attached hydrogen (secondary N) is 1. The van der Waals surface area contributed by atoms with Crippen molar-refractivity contribution in [3.63, 3.8) is 0 Å². The molecule has 0 radical (unpaired) electrons. The molecule has 1 atom stereocenters. The molecule has 2 aromatic carbocycles. The minimum absolute atomic E-state index is 0.168. The Balaban J connectivity index is 1.84. The predicted octanol–water partition coefficient (Wildman–Crippen LogP) is 3.39. The van der Waals surface area contributed by atoms with Crippen LogP contribution in [-0.4, -0.2) is 11.9 Å². The molecule has 0 heterocycles.